The van der Waals surface area contributed by atoms with E-state index >= 15 is 0 Å². The normalized spacial score (nSPS) is 40.0. The summed E-state index contributed by atoms with van der Waals surface area (Å²) in [5.74, 6) is 1.10. The molecule has 0 unspecified atom stereocenters. The van der Waals surface area contributed by atoms with Crippen LogP contribution in [0, 0.1) is 5.92 Å². The largest absolute Gasteiger partial charge is 0.314 e. The number of halogens is 1. The molecule has 2 bridgehead atoms. The Balaban J connectivity index is 0.000000405. The summed E-state index contributed by atoms with van der Waals surface area (Å²) in [6.07, 6.45) is 5.86. The third-order valence-corrected chi connectivity index (χ3v) is 2.53. The van der Waals surface area contributed by atoms with Crippen molar-refractivity contribution in [3.05, 3.63) is 0 Å². The van der Waals surface area contributed by atoms with Gasteiger partial charge in [-0.3, -0.25) is 0 Å². The minimum absolute atomic E-state index is 0. The predicted octanol–water partition coefficient (Wildman–Crippen LogP) is 1.57. The van der Waals surface area contributed by atoms with Crippen LogP contribution in [0.3, 0.4) is 0 Å². The molecule has 0 aromatic heterocycles. The van der Waals surface area contributed by atoms with E-state index in [1.54, 1.807) is 0 Å². The summed E-state index contributed by atoms with van der Waals surface area (Å²) in [6, 6.07) is 0.911. The van der Waals surface area contributed by atoms with E-state index < -0.39 is 0 Å². The maximum Gasteiger partial charge on any atom is 0.00698 e. The van der Waals surface area contributed by atoms with Crippen molar-refractivity contribution in [1.82, 2.24) is 5.32 Å². The minimum Gasteiger partial charge on any atom is -0.314 e. The van der Waals surface area contributed by atoms with Crippen LogP contribution in [0.15, 0.2) is 0 Å². The second-order valence-electron chi connectivity index (χ2n) is 3.12. The lowest BCUT2D eigenvalue weighted by atomic mass is 10.0. The van der Waals surface area contributed by atoms with Crippen LogP contribution in [0.4, 0.5) is 0 Å². The fourth-order valence-electron chi connectivity index (χ4n) is 2.01. The van der Waals surface area contributed by atoms with Gasteiger partial charge in [-0.1, -0.05) is 0 Å². The average molecular weight is 148 g/mol. The van der Waals surface area contributed by atoms with Crippen LogP contribution >= 0.6 is 12.4 Å². The molecular weight excluding hydrogens is 134 g/mol. The number of piperidine rings is 1. The van der Waals surface area contributed by atoms with Crippen LogP contribution in [0.25, 0.3) is 0 Å². The number of hydrogen-bond acceptors (Lipinski definition) is 1. The second-order valence-corrected chi connectivity index (χ2v) is 3.12. The molecular formula is C7H14ClN. The molecule has 2 aliphatic rings. The van der Waals surface area contributed by atoms with Crippen molar-refractivity contribution >= 4 is 12.4 Å². The van der Waals surface area contributed by atoms with Gasteiger partial charge in [-0.25, -0.2) is 0 Å². The molecule has 1 aliphatic heterocycles. The summed E-state index contributed by atoms with van der Waals surface area (Å²) in [5, 5.41) is 3.51. The highest BCUT2D eigenvalue weighted by molar-refractivity contribution is 5.85. The highest BCUT2D eigenvalue weighted by Crippen LogP contribution is 2.30. The predicted molar refractivity (Wildman–Crippen MR) is 41.0 cm³/mol. The number of hydrogen-bond donors (Lipinski definition) is 1. The van der Waals surface area contributed by atoms with E-state index in [2.05, 4.69) is 5.32 Å². The van der Waals surface area contributed by atoms with E-state index in [-0.39, 0.29) is 12.4 Å². The Kier molecular flexibility index (Phi) is 2.36. The topological polar surface area (TPSA) is 12.0 Å². The standard InChI is InChI=1S/C7H13N.ClH/c1-2-7-5-6(1)3-4-8-7;/h6-8H,1-5H2;1H/t6-,7-;/m1./s1. The molecule has 1 aliphatic carbocycles. The first-order valence-electron chi connectivity index (χ1n) is 3.68. The van der Waals surface area contributed by atoms with Gasteiger partial charge in [0.05, 0.1) is 0 Å². The van der Waals surface area contributed by atoms with Gasteiger partial charge in [-0.05, 0) is 38.1 Å². The lowest BCUT2D eigenvalue weighted by molar-refractivity contribution is 0.391. The third-order valence-electron chi connectivity index (χ3n) is 2.53. The van der Waals surface area contributed by atoms with Gasteiger partial charge in [0.2, 0.25) is 0 Å². The highest BCUT2D eigenvalue weighted by atomic mass is 35.5. The molecule has 0 aromatic rings. The molecule has 9 heavy (non-hydrogen) atoms. The van der Waals surface area contributed by atoms with Crippen LogP contribution in [-0.2, 0) is 0 Å². The van der Waals surface area contributed by atoms with Gasteiger partial charge in [0.25, 0.3) is 0 Å². The Morgan fingerprint density at radius 3 is 2.67 bits per heavy atom. The van der Waals surface area contributed by atoms with Gasteiger partial charge in [0.15, 0.2) is 0 Å². The SMILES string of the molecule is C1C[C@H]2CC[C@H](C2)N1.Cl. The van der Waals surface area contributed by atoms with Crippen molar-refractivity contribution in [2.24, 2.45) is 5.92 Å². The molecule has 0 aromatic carbocycles. The molecule has 1 saturated carbocycles. The molecule has 2 rings (SSSR count). The number of fused-ring (bicyclic) bond motifs is 2. The molecule has 0 amide bonds. The van der Waals surface area contributed by atoms with E-state index in [4.69, 9.17) is 0 Å². The molecule has 0 spiro atoms. The molecule has 0 radical (unpaired) electrons. The third kappa shape index (κ3) is 1.39. The molecule has 1 saturated heterocycles. The van der Waals surface area contributed by atoms with Gasteiger partial charge in [-0.15, -0.1) is 12.4 Å². The van der Waals surface area contributed by atoms with Crippen LogP contribution in [0.5, 0.6) is 0 Å². The lowest BCUT2D eigenvalue weighted by Gasteiger charge is -2.19. The summed E-state index contributed by atoms with van der Waals surface area (Å²) in [7, 11) is 0. The summed E-state index contributed by atoms with van der Waals surface area (Å²) in [6.45, 7) is 1.29. The zero-order valence-electron chi connectivity index (χ0n) is 5.60. The minimum atomic E-state index is 0. The Bertz CT molecular complexity index is 80.9. The molecule has 1 nitrogen and oxygen atoms in total. The van der Waals surface area contributed by atoms with Crippen molar-refractivity contribution in [2.45, 2.75) is 31.7 Å². The molecule has 2 atom stereocenters. The molecule has 54 valence electrons. The van der Waals surface area contributed by atoms with E-state index in [9.17, 15) is 0 Å². The molecule has 1 heterocycles. The van der Waals surface area contributed by atoms with Crippen LogP contribution < -0.4 is 5.32 Å². The first-order chi connectivity index (χ1) is 3.95. The van der Waals surface area contributed by atoms with E-state index in [0.29, 0.717) is 0 Å². The quantitative estimate of drug-likeness (QED) is 0.549. The summed E-state index contributed by atoms with van der Waals surface area (Å²) >= 11 is 0. The van der Waals surface area contributed by atoms with Gasteiger partial charge >= 0.3 is 0 Å². The van der Waals surface area contributed by atoms with E-state index in [1.165, 1.54) is 32.2 Å². The van der Waals surface area contributed by atoms with Crippen molar-refractivity contribution in [2.75, 3.05) is 6.54 Å². The fraction of sp³-hybridized carbons (Fsp3) is 1.00. The first-order valence-corrected chi connectivity index (χ1v) is 3.68. The monoisotopic (exact) mass is 147 g/mol. The fourth-order valence-corrected chi connectivity index (χ4v) is 2.01. The van der Waals surface area contributed by atoms with Gasteiger partial charge < -0.3 is 5.32 Å². The summed E-state index contributed by atoms with van der Waals surface area (Å²) < 4.78 is 0. The van der Waals surface area contributed by atoms with E-state index in [1.807, 2.05) is 0 Å². The Morgan fingerprint density at radius 1 is 1.11 bits per heavy atom. The van der Waals surface area contributed by atoms with Gasteiger partial charge in [0, 0.05) is 6.04 Å². The van der Waals surface area contributed by atoms with Crippen molar-refractivity contribution in [3.8, 4) is 0 Å². The van der Waals surface area contributed by atoms with Gasteiger partial charge in [0.1, 0.15) is 0 Å². The highest BCUT2D eigenvalue weighted by Gasteiger charge is 2.27. The van der Waals surface area contributed by atoms with Gasteiger partial charge in [-0.2, -0.15) is 0 Å². The van der Waals surface area contributed by atoms with Crippen LogP contribution in [-0.4, -0.2) is 12.6 Å². The Labute approximate surface area is 62.6 Å². The van der Waals surface area contributed by atoms with Crippen LogP contribution in [0.2, 0.25) is 0 Å². The summed E-state index contributed by atoms with van der Waals surface area (Å²) in [5.41, 5.74) is 0. The number of rotatable bonds is 0. The van der Waals surface area contributed by atoms with Crippen molar-refractivity contribution in [3.63, 3.8) is 0 Å². The molecule has 2 heteroatoms. The maximum atomic E-state index is 3.51. The molecule has 1 N–H and O–H groups in total. The first kappa shape index (κ1) is 7.36. The second kappa shape index (κ2) is 2.89. The molecule has 2 fully saturated rings. The zero-order valence-corrected chi connectivity index (χ0v) is 6.41. The Morgan fingerprint density at radius 2 is 2.00 bits per heavy atom. The zero-order chi connectivity index (χ0) is 5.40. The van der Waals surface area contributed by atoms with Crippen molar-refractivity contribution in [1.29, 1.82) is 0 Å². The Hall–Kier alpha value is 0.250. The lowest BCUT2D eigenvalue weighted by Crippen LogP contribution is -2.31. The summed E-state index contributed by atoms with van der Waals surface area (Å²) in [4.78, 5) is 0. The smallest absolute Gasteiger partial charge is 0.00698 e. The number of nitrogens with one attached hydrogen (secondary N) is 1. The van der Waals surface area contributed by atoms with Crippen molar-refractivity contribution < 1.29 is 0 Å². The van der Waals surface area contributed by atoms with E-state index in [0.717, 1.165) is 12.0 Å². The maximum absolute atomic E-state index is 3.51. The average Bonchev–Trinajstić information content (AvgIpc) is 2.12. The van der Waals surface area contributed by atoms with Crippen LogP contribution in [0.1, 0.15) is 25.7 Å².